The Morgan fingerprint density at radius 3 is 2.72 bits per heavy atom. The average Bonchev–Trinajstić information content (AvgIpc) is 3.03. The van der Waals surface area contributed by atoms with E-state index in [0.717, 1.165) is 16.3 Å². The second-order valence-electron chi connectivity index (χ2n) is 5.39. The van der Waals surface area contributed by atoms with Gasteiger partial charge in [0.05, 0.1) is 0 Å². The Kier molecular flexibility index (Phi) is 4.38. The zero-order valence-electron chi connectivity index (χ0n) is 12.9. The maximum atomic E-state index is 13.5. The largest absolute Gasteiger partial charge is 0.207 e. The molecular weight excluding hydrogens is 359 g/mol. The first kappa shape index (κ1) is 16.1. The first-order chi connectivity index (χ1) is 12.2. The molecule has 2 aromatic carbocycles. The number of hydrogen-bond donors (Lipinski definition) is 0. The third-order valence-electron chi connectivity index (χ3n) is 3.60. The van der Waals surface area contributed by atoms with Crippen molar-refractivity contribution in [2.45, 2.75) is 10.8 Å². The number of benzene rings is 2. The highest BCUT2D eigenvalue weighted by molar-refractivity contribution is 7.98. The molecule has 0 N–H and O–H groups in total. The molecule has 0 amide bonds. The minimum atomic E-state index is -0.319. The number of aromatic nitrogens is 4. The first-order valence-electron chi connectivity index (χ1n) is 7.55. The standard InChI is InChI=1S/C18H12ClFN4S/c19-14-5-1-3-12(9-14)11-25-17-8-7-16-21-22-18(24(16)23-17)13-4-2-6-15(20)10-13/h1-10H,11H2. The molecule has 4 aromatic rings. The van der Waals surface area contributed by atoms with Crippen LogP contribution < -0.4 is 0 Å². The van der Waals surface area contributed by atoms with Crippen molar-refractivity contribution in [2.24, 2.45) is 0 Å². The second kappa shape index (κ2) is 6.82. The highest BCUT2D eigenvalue weighted by atomic mass is 35.5. The lowest BCUT2D eigenvalue weighted by atomic mass is 10.2. The van der Waals surface area contributed by atoms with E-state index >= 15 is 0 Å². The fourth-order valence-corrected chi connectivity index (χ4v) is 3.45. The van der Waals surface area contributed by atoms with E-state index in [9.17, 15) is 4.39 Å². The van der Waals surface area contributed by atoms with Crippen LogP contribution in [0.5, 0.6) is 0 Å². The van der Waals surface area contributed by atoms with Gasteiger partial charge in [-0.15, -0.1) is 10.2 Å². The highest BCUT2D eigenvalue weighted by Gasteiger charge is 2.11. The fraction of sp³-hybridized carbons (Fsp3) is 0.0556. The van der Waals surface area contributed by atoms with Crippen LogP contribution >= 0.6 is 23.4 Å². The topological polar surface area (TPSA) is 43.1 Å². The van der Waals surface area contributed by atoms with Crippen LogP contribution in [0.15, 0.2) is 65.7 Å². The van der Waals surface area contributed by atoms with Crippen molar-refractivity contribution in [3.05, 3.63) is 77.1 Å². The summed E-state index contributed by atoms with van der Waals surface area (Å²) in [6.07, 6.45) is 0. The van der Waals surface area contributed by atoms with Gasteiger partial charge >= 0.3 is 0 Å². The number of halogens is 2. The Balaban J connectivity index is 1.64. The van der Waals surface area contributed by atoms with Crippen molar-refractivity contribution in [1.82, 2.24) is 19.8 Å². The molecule has 4 nitrogen and oxygen atoms in total. The third-order valence-corrected chi connectivity index (χ3v) is 4.82. The summed E-state index contributed by atoms with van der Waals surface area (Å²) in [5.41, 5.74) is 2.37. The summed E-state index contributed by atoms with van der Waals surface area (Å²) in [4.78, 5) is 0. The molecule has 0 aliphatic heterocycles. The van der Waals surface area contributed by atoms with Gasteiger partial charge in [-0.3, -0.25) is 0 Å². The predicted octanol–water partition coefficient (Wildman–Crippen LogP) is 4.88. The smallest absolute Gasteiger partial charge is 0.185 e. The van der Waals surface area contributed by atoms with Gasteiger partial charge in [-0.05, 0) is 42.0 Å². The number of hydrogen-bond acceptors (Lipinski definition) is 4. The lowest BCUT2D eigenvalue weighted by molar-refractivity contribution is 0.628. The Morgan fingerprint density at radius 1 is 1.00 bits per heavy atom. The van der Waals surface area contributed by atoms with Gasteiger partial charge in [0.1, 0.15) is 10.8 Å². The highest BCUT2D eigenvalue weighted by Crippen LogP contribution is 2.24. The zero-order chi connectivity index (χ0) is 17.2. The third kappa shape index (κ3) is 3.50. The van der Waals surface area contributed by atoms with Crippen molar-refractivity contribution in [3.63, 3.8) is 0 Å². The maximum absolute atomic E-state index is 13.5. The van der Waals surface area contributed by atoms with E-state index in [1.54, 1.807) is 28.4 Å². The minimum Gasteiger partial charge on any atom is -0.207 e. The monoisotopic (exact) mass is 370 g/mol. The van der Waals surface area contributed by atoms with Gasteiger partial charge in [-0.25, -0.2) is 4.39 Å². The number of thioether (sulfide) groups is 1. The second-order valence-corrected chi connectivity index (χ2v) is 6.83. The quantitative estimate of drug-likeness (QED) is 0.480. The molecule has 4 rings (SSSR count). The molecule has 124 valence electrons. The molecule has 0 atom stereocenters. The van der Waals surface area contributed by atoms with Crippen LogP contribution in [0, 0.1) is 5.82 Å². The van der Waals surface area contributed by atoms with Crippen molar-refractivity contribution in [1.29, 1.82) is 0 Å². The number of nitrogens with zero attached hydrogens (tertiary/aromatic N) is 4. The van der Waals surface area contributed by atoms with E-state index in [0.29, 0.717) is 22.1 Å². The number of fused-ring (bicyclic) bond motifs is 1. The van der Waals surface area contributed by atoms with E-state index in [1.165, 1.54) is 12.1 Å². The molecule has 0 radical (unpaired) electrons. The molecule has 0 spiro atoms. The van der Waals surface area contributed by atoms with Gasteiger partial charge < -0.3 is 0 Å². The molecule has 0 aliphatic carbocycles. The summed E-state index contributed by atoms with van der Waals surface area (Å²) < 4.78 is 15.1. The molecule has 0 fully saturated rings. The molecule has 2 aromatic heterocycles. The van der Waals surface area contributed by atoms with Crippen LogP contribution in [0.1, 0.15) is 5.56 Å². The lowest BCUT2D eigenvalue weighted by Gasteiger charge is -2.04. The Bertz CT molecular complexity index is 1050. The van der Waals surface area contributed by atoms with Crippen LogP contribution in [-0.2, 0) is 5.75 Å². The normalized spacial score (nSPS) is 11.1. The average molecular weight is 371 g/mol. The molecule has 0 aliphatic rings. The van der Waals surface area contributed by atoms with E-state index in [-0.39, 0.29) is 5.82 Å². The summed E-state index contributed by atoms with van der Waals surface area (Å²) in [6.45, 7) is 0. The SMILES string of the molecule is Fc1cccc(-c2nnc3ccc(SCc4cccc(Cl)c4)nn23)c1. The Hall–Kier alpha value is -2.44. The van der Waals surface area contributed by atoms with Crippen LogP contribution in [0.3, 0.4) is 0 Å². The Labute approximate surface area is 152 Å². The van der Waals surface area contributed by atoms with Crippen molar-refractivity contribution < 1.29 is 4.39 Å². The van der Waals surface area contributed by atoms with E-state index in [1.807, 2.05) is 36.4 Å². The predicted molar refractivity (Wildman–Crippen MR) is 97.2 cm³/mol. The molecule has 0 saturated carbocycles. The van der Waals surface area contributed by atoms with Gasteiger partial charge in [0.2, 0.25) is 0 Å². The van der Waals surface area contributed by atoms with Crippen molar-refractivity contribution in [2.75, 3.05) is 0 Å². The van der Waals surface area contributed by atoms with Gasteiger partial charge in [0, 0.05) is 16.3 Å². The van der Waals surface area contributed by atoms with Crippen LogP contribution in [0.4, 0.5) is 4.39 Å². The molecule has 0 bridgehead atoms. The lowest BCUT2D eigenvalue weighted by Crippen LogP contribution is -1.97. The summed E-state index contributed by atoms with van der Waals surface area (Å²) in [5, 5.41) is 14.4. The first-order valence-corrected chi connectivity index (χ1v) is 8.91. The number of rotatable bonds is 4. The maximum Gasteiger partial charge on any atom is 0.185 e. The van der Waals surface area contributed by atoms with Crippen LogP contribution in [0.25, 0.3) is 17.0 Å². The summed E-state index contributed by atoms with van der Waals surface area (Å²) in [5.74, 6) is 0.941. The van der Waals surface area contributed by atoms with E-state index in [4.69, 9.17) is 11.6 Å². The van der Waals surface area contributed by atoms with Crippen molar-refractivity contribution in [3.8, 4) is 11.4 Å². The van der Waals surface area contributed by atoms with Gasteiger partial charge in [0.15, 0.2) is 11.5 Å². The fourth-order valence-electron chi connectivity index (χ4n) is 2.44. The summed E-state index contributed by atoms with van der Waals surface area (Å²) >= 11 is 7.60. The van der Waals surface area contributed by atoms with Crippen molar-refractivity contribution >= 4 is 29.0 Å². The molecular formula is C18H12ClFN4S. The molecule has 2 heterocycles. The molecule has 0 unspecified atom stereocenters. The summed E-state index contributed by atoms with van der Waals surface area (Å²) in [7, 11) is 0. The van der Waals surface area contributed by atoms with Gasteiger partial charge in [-0.1, -0.05) is 47.6 Å². The van der Waals surface area contributed by atoms with Crippen LogP contribution in [-0.4, -0.2) is 19.8 Å². The molecule has 7 heteroatoms. The van der Waals surface area contributed by atoms with E-state index in [2.05, 4.69) is 15.3 Å². The van der Waals surface area contributed by atoms with Gasteiger partial charge in [-0.2, -0.15) is 9.61 Å². The Morgan fingerprint density at radius 2 is 1.88 bits per heavy atom. The molecule has 25 heavy (non-hydrogen) atoms. The van der Waals surface area contributed by atoms with Crippen LogP contribution in [0.2, 0.25) is 5.02 Å². The zero-order valence-corrected chi connectivity index (χ0v) is 14.5. The van der Waals surface area contributed by atoms with E-state index < -0.39 is 0 Å². The summed E-state index contributed by atoms with van der Waals surface area (Å²) in [6, 6.07) is 17.7. The van der Waals surface area contributed by atoms with Gasteiger partial charge in [0.25, 0.3) is 0 Å². The minimum absolute atomic E-state index is 0.319. The molecule has 0 saturated heterocycles.